The van der Waals surface area contributed by atoms with Gasteiger partial charge in [-0.3, -0.25) is 0 Å². The van der Waals surface area contributed by atoms with Crippen molar-refractivity contribution < 1.29 is 18.7 Å². The van der Waals surface area contributed by atoms with Crippen LogP contribution in [-0.4, -0.2) is 31.5 Å². The second-order valence-corrected chi connectivity index (χ2v) is 5.32. The van der Waals surface area contributed by atoms with Crippen LogP contribution < -0.4 is 19.5 Å². The van der Waals surface area contributed by atoms with Gasteiger partial charge in [0.1, 0.15) is 17.2 Å². The highest BCUT2D eigenvalue weighted by atomic mass is 16.5. The van der Waals surface area contributed by atoms with Crippen molar-refractivity contribution in [3.8, 4) is 28.6 Å². The Hall–Kier alpha value is -3.22. The summed E-state index contributed by atoms with van der Waals surface area (Å²) in [7, 11) is 4.79. The third-order valence-corrected chi connectivity index (χ3v) is 3.67. The van der Waals surface area contributed by atoms with Gasteiger partial charge in [0.25, 0.3) is 0 Å². The van der Waals surface area contributed by atoms with Crippen LogP contribution in [0.15, 0.2) is 40.9 Å². The largest absolute Gasteiger partial charge is 0.497 e. The van der Waals surface area contributed by atoms with Crippen LogP contribution in [0.4, 0.5) is 11.7 Å². The second-order valence-electron chi connectivity index (χ2n) is 5.32. The standard InChI is InChI=1S/C18H19N3O4/c1-11-5-7-16(24-4)14(9-11)19-18-20-17(21-25-18)13-10-12(22-2)6-8-15(13)23-3/h5-10H,1-4H3,(H,19,20,21). The number of anilines is 2. The predicted octanol–water partition coefficient (Wildman–Crippen LogP) is 3.81. The monoisotopic (exact) mass is 341 g/mol. The highest BCUT2D eigenvalue weighted by Crippen LogP contribution is 2.33. The van der Waals surface area contributed by atoms with E-state index in [1.165, 1.54) is 0 Å². The lowest BCUT2D eigenvalue weighted by molar-refractivity contribution is 0.403. The molecule has 0 aliphatic rings. The van der Waals surface area contributed by atoms with Crippen molar-refractivity contribution in [1.29, 1.82) is 0 Å². The number of ether oxygens (including phenoxy) is 3. The Morgan fingerprint density at radius 2 is 1.68 bits per heavy atom. The van der Waals surface area contributed by atoms with Gasteiger partial charge in [0.2, 0.25) is 5.82 Å². The number of methoxy groups -OCH3 is 3. The third kappa shape index (κ3) is 3.50. The van der Waals surface area contributed by atoms with Crippen molar-refractivity contribution in [3.63, 3.8) is 0 Å². The van der Waals surface area contributed by atoms with Crippen molar-refractivity contribution in [1.82, 2.24) is 10.1 Å². The summed E-state index contributed by atoms with van der Waals surface area (Å²) in [5.74, 6) is 2.38. The minimum atomic E-state index is 0.253. The number of aromatic nitrogens is 2. The van der Waals surface area contributed by atoms with Gasteiger partial charge in [0.05, 0.1) is 32.6 Å². The van der Waals surface area contributed by atoms with E-state index in [0.717, 1.165) is 11.3 Å². The van der Waals surface area contributed by atoms with E-state index in [-0.39, 0.29) is 6.01 Å². The minimum Gasteiger partial charge on any atom is -0.497 e. The fourth-order valence-corrected chi connectivity index (χ4v) is 2.41. The van der Waals surface area contributed by atoms with Crippen molar-refractivity contribution in [2.24, 2.45) is 0 Å². The fraction of sp³-hybridized carbons (Fsp3) is 0.222. The summed E-state index contributed by atoms with van der Waals surface area (Å²) in [5, 5.41) is 7.10. The van der Waals surface area contributed by atoms with Crippen LogP contribution in [-0.2, 0) is 0 Å². The summed E-state index contributed by atoms with van der Waals surface area (Å²) >= 11 is 0. The summed E-state index contributed by atoms with van der Waals surface area (Å²) in [6.07, 6.45) is 0. The molecule has 1 aromatic heterocycles. The van der Waals surface area contributed by atoms with E-state index in [1.807, 2.05) is 25.1 Å². The molecule has 2 aromatic carbocycles. The Bertz CT molecular complexity index is 877. The maximum absolute atomic E-state index is 5.36. The Balaban J connectivity index is 1.92. The van der Waals surface area contributed by atoms with Crippen LogP contribution in [0.3, 0.4) is 0 Å². The van der Waals surface area contributed by atoms with Crippen LogP contribution in [0.5, 0.6) is 17.2 Å². The van der Waals surface area contributed by atoms with Gasteiger partial charge in [-0.1, -0.05) is 11.2 Å². The van der Waals surface area contributed by atoms with Gasteiger partial charge in [0.15, 0.2) is 0 Å². The van der Waals surface area contributed by atoms with Gasteiger partial charge in [-0.05, 0) is 42.8 Å². The molecule has 0 fully saturated rings. The van der Waals surface area contributed by atoms with Crippen LogP contribution in [0, 0.1) is 6.92 Å². The Kier molecular flexibility index (Phi) is 4.74. The van der Waals surface area contributed by atoms with E-state index in [4.69, 9.17) is 18.7 Å². The van der Waals surface area contributed by atoms with Crippen molar-refractivity contribution in [2.45, 2.75) is 6.92 Å². The molecule has 0 amide bonds. The third-order valence-electron chi connectivity index (χ3n) is 3.67. The summed E-state index contributed by atoms with van der Waals surface area (Å²) in [6.45, 7) is 1.99. The zero-order valence-corrected chi connectivity index (χ0v) is 14.5. The molecule has 1 N–H and O–H groups in total. The van der Waals surface area contributed by atoms with Crippen molar-refractivity contribution >= 4 is 11.7 Å². The van der Waals surface area contributed by atoms with E-state index in [1.54, 1.807) is 39.5 Å². The molecule has 7 nitrogen and oxygen atoms in total. The molecule has 1 heterocycles. The molecule has 0 radical (unpaired) electrons. The Morgan fingerprint density at radius 3 is 2.40 bits per heavy atom. The molecule has 0 saturated carbocycles. The van der Waals surface area contributed by atoms with Gasteiger partial charge in [-0.15, -0.1) is 0 Å². The molecule has 7 heteroatoms. The quantitative estimate of drug-likeness (QED) is 0.730. The summed E-state index contributed by atoms with van der Waals surface area (Å²) < 4.78 is 21.3. The van der Waals surface area contributed by atoms with Crippen LogP contribution in [0.25, 0.3) is 11.4 Å². The smallest absolute Gasteiger partial charge is 0.326 e. The first-order valence-corrected chi connectivity index (χ1v) is 7.62. The average Bonchev–Trinajstić information content (AvgIpc) is 3.09. The molecule has 25 heavy (non-hydrogen) atoms. The number of benzene rings is 2. The molecule has 130 valence electrons. The van der Waals surface area contributed by atoms with Gasteiger partial charge in [-0.25, -0.2) is 0 Å². The number of aryl methyl sites for hydroxylation is 1. The molecule has 0 aliphatic heterocycles. The summed E-state index contributed by atoms with van der Waals surface area (Å²) in [6, 6.07) is 11.4. The first-order chi connectivity index (χ1) is 12.1. The number of hydrogen-bond acceptors (Lipinski definition) is 7. The van der Waals surface area contributed by atoms with Gasteiger partial charge in [0, 0.05) is 0 Å². The molecular weight excluding hydrogens is 322 g/mol. The normalized spacial score (nSPS) is 10.4. The second kappa shape index (κ2) is 7.12. The highest BCUT2D eigenvalue weighted by molar-refractivity contribution is 5.68. The van der Waals surface area contributed by atoms with E-state index in [2.05, 4.69) is 15.5 Å². The zero-order chi connectivity index (χ0) is 17.8. The first-order valence-electron chi connectivity index (χ1n) is 7.62. The minimum absolute atomic E-state index is 0.253. The molecule has 3 aromatic rings. The summed E-state index contributed by atoms with van der Waals surface area (Å²) in [5.41, 5.74) is 2.50. The molecule has 0 bridgehead atoms. The van der Waals surface area contributed by atoms with E-state index < -0.39 is 0 Å². The first kappa shape index (κ1) is 16.6. The van der Waals surface area contributed by atoms with Gasteiger partial charge < -0.3 is 24.1 Å². The maximum atomic E-state index is 5.36. The lowest BCUT2D eigenvalue weighted by Crippen LogP contribution is -1.96. The van der Waals surface area contributed by atoms with E-state index in [0.29, 0.717) is 28.6 Å². The molecule has 0 unspecified atom stereocenters. The number of nitrogens with zero attached hydrogens (tertiary/aromatic N) is 2. The van der Waals surface area contributed by atoms with Crippen molar-refractivity contribution in [2.75, 3.05) is 26.6 Å². The SMILES string of the molecule is COc1ccc(OC)c(-c2noc(Nc3cc(C)ccc3OC)n2)c1. The topological polar surface area (TPSA) is 78.6 Å². The molecule has 0 atom stereocenters. The zero-order valence-electron chi connectivity index (χ0n) is 14.5. The van der Waals surface area contributed by atoms with Crippen LogP contribution in [0.2, 0.25) is 0 Å². The van der Waals surface area contributed by atoms with E-state index in [9.17, 15) is 0 Å². The van der Waals surface area contributed by atoms with Gasteiger partial charge in [-0.2, -0.15) is 4.98 Å². The summed E-state index contributed by atoms with van der Waals surface area (Å²) in [4.78, 5) is 4.38. The predicted molar refractivity (Wildman–Crippen MR) is 93.9 cm³/mol. The van der Waals surface area contributed by atoms with E-state index >= 15 is 0 Å². The van der Waals surface area contributed by atoms with Crippen LogP contribution >= 0.6 is 0 Å². The number of nitrogens with one attached hydrogen (secondary N) is 1. The maximum Gasteiger partial charge on any atom is 0.326 e. The molecular formula is C18H19N3O4. The molecule has 3 rings (SSSR count). The fourth-order valence-electron chi connectivity index (χ4n) is 2.41. The number of hydrogen-bond donors (Lipinski definition) is 1. The molecule has 0 saturated heterocycles. The van der Waals surface area contributed by atoms with Crippen molar-refractivity contribution in [3.05, 3.63) is 42.0 Å². The van der Waals surface area contributed by atoms with Crippen LogP contribution in [0.1, 0.15) is 5.56 Å². The Morgan fingerprint density at radius 1 is 0.920 bits per heavy atom. The van der Waals surface area contributed by atoms with Gasteiger partial charge >= 0.3 is 6.01 Å². The Labute approximate surface area is 145 Å². The highest BCUT2D eigenvalue weighted by Gasteiger charge is 2.15. The number of rotatable bonds is 6. The molecule has 0 spiro atoms. The lowest BCUT2D eigenvalue weighted by Gasteiger charge is -2.08. The molecule has 0 aliphatic carbocycles. The average molecular weight is 341 g/mol. The lowest BCUT2D eigenvalue weighted by atomic mass is 10.2.